The molecule has 0 bridgehead atoms. The molecular formula is C14H15BrN2O. The molecule has 94 valence electrons. The van der Waals surface area contributed by atoms with E-state index in [9.17, 15) is 0 Å². The molecule has 0 spiro atoms. The van der Waals surface area contributed by atoms with Gasteiger partial charge in [0.25, 0.3) is 0 Å². The summed E-state index contributed by atoms with van der Waals surface area (Å²) >= 11 is 3.45. The molecule has 0 radical (unpaired) electrons. The molecule has 0 aliphatic heterocycles. The van der Waals surface area contributed by atoms with Crippen molar-refractivity contribution in [3.63, 3.8) is 0 Å². The van der Waals surface area contributed by atoms with Crippen LogP contribution in [0, 0.1) is 0 Å². The first-order valence-corrected chi connectivity index (χ1v) is 6.40. The van der Waals surface area contributed by atoms with Crippen molar-refractivity contribution in [2.24, 2.45) is 0 Å². The van der Waals surface area contributed by atoms with Gasteiger partial charge in [-0.15, -0.1) is 0 Å². The van der Waals surface area contributed by atoms with Crippen molar-refractivity contribution in [3.8, 4) is 5.75 Å². The van der Waals surface area contributed by atoms with Crippen molar-refractivity contribution >= 4 is 27.3 Å². The lowest BCUT2D eigenvalue weighted by molar-refractivity contribution is 0.414. The van der Waals surface area contributed by atoms with Gasteiger partial charge in [-0.3, -0.25) is 0 Å². The van der Waals surface area contributed by atoms with Crippen LogP contribution >= 0.6 is 15.9 Å². The molecule has 0 aromatic heterocycles. The summed E-state index contributed by atoms with van der Waals surface area (Å²) in [6, 6.07) is 13.7. The van der Waals surface area contributed by atoms with Gasteiger partial charge in [0.2, 0.25) is 0 Å². The minimum Gasteiger partial charge on any atom is -0.497 e. The number of ether oxygens (including phenoxy) is 1. The molecule has 0 aliphatic rings. The second-order valence-corrected chi connectivity index (χ2v) is 4.85. The van der Waals surface area contributed by atoms with Crippen LogP contribution in [0.25, 0.3) is 0 Å². The fourth-order valence-corrected chi connectivity index (χ4v) is 2.15. The van der Waals surface area contributed by atoms with E-state index in [1.54, 1.807) is 7.11 Å². The van der Waals surface area contributed by atoms with Crippen molar-refractivity contribution in [3.05, 3.63) is 52.5 Å². The summed E-state index contributed by atoms with van der Waals surface area (Å²) in [6.45, 7) is 0.687. The van der Waals surface area contributed by atoms with Crippen molar-refractivity contribution < 1.29 is 4.74 Å². The summed E-state index contributed by atoms with van der Waals surface area (Å²) in [5.74, 6) is 0.813. The van der Waals surface area contributed by atoms with E-state index in [0.29, 0.717) is 6.54 Å². The highest BCUT2D eigenvalue weighted by molar-refractivity contribution is 9.10. The van der Waals surface area contributed by atoms with E-state index >= 15 is 0 Å². The Balaban J connectivity index is 2.11. The standard InChI is InChI=1S/C14H15BrN2O/c1-18-13-7-11(15)6-12(8-13)17-9-10-4-2-3-5-14(10)16/h2-8,17H,9,16H2,1H3. The number of benzene rings is 2. The number of hydrogen-bond donors (Lipinski definition) is 2. The lowest BCUT2D eigenvalue weighted by Gasteiger charge is -2.10. The van der Waals surface area contributed by atoms with Crippen LogP contribution in [0.5, 0.6) is 5.75 Å². The minimum atomic E-state index is 0.687. The number of rotatable bonds is 4. The summed E-state index contributed by atoms with van der Waals surface area (Å²) in [6.07, 6.45) is 0. The van der Waals surface area contributed by atoms with Crippen LogP contribution in [-0.2, 0) is 6.54 Å². The second-order valence-electron chi connectivity index (χ2n) is 3.93. The van der Waals surface area contributed by atoms with Crippen molar-refractivity contribution in [2.75, 3.05) is 18.2 Å². The van der Waals surface area contributed by atoms with Crippen LogP contribution in [0.1, 0.15) is 5.56 Å². The zero-order chi connectivity index (χ0) is 13.0. The lowest BCUT2D eigenvalue weighted by Crippen LogP contribution is -2.02. The van der Waals surface area contributed by atoms with Gasteiger partial charge < -0.3 is 15.8 Å². The molecule has 0 fully saturated rings. The maximum absolute atomic E-state index is 5.90. The maximum Gasteiger partial charge on any atom is 0.122 e. The molecule has 2 rings (SSSR count). The molecule has 0 atom stereocenters. The number of hydrogen-bond acceptors (Lipinski definition) is 3. The lowest BCUT2D eigenvalue weighted by atomic mass is 10.2. The quantitative estimate of drug-likeness (QED) is 0.848. The second kappa shape index (κ2) is 5.78. The van der Waals surface area contributed by atoms with Gasteiger partial charge in [0, 0.05) is 28.5 Å². The molecule has 3 nitrogen and oxygen atoms in total. The van der Waals surface area contributed by atoms with Crippen LogP contribution in [0.2, 0.25) is 0 Å². The van der Waals surface area contributed by atoms with Gasteiger partial charge in [-0.2, -0.15) is 0 Å². The van der Waals surface area contributed by atoms with E-state index in [-0.39, 0.29) is 0 Å². The van der Waals surface area contributed by atoms with Gasteiger partial charge in [0.15, 0.2) is 0 Å². The van der Waals surface area contributed by atoms with E-state index in [4.69, 9.17) is 10.5 Å². The number of nitrogens with one attached hydrogen (secondary N) is 1. The zero-order valence-electron chi connectivity index (χ0n) is 10.1. The van der Waals surface area contributed by atoms with E-state index in [2.05, 4.69) is 21.2 Å². The van der Waals surface area contributed by atoms with Crippen LogP contribution in [-0.4, -0.2) is 7.11 Å². The van der Waals surface area contributed by atoms with Crippen LogP contribution in [0.15, 0.2) is 46.9 Å². The summed E-state index contributed by atoms with van der Waals surface area (Å²) in [5, 5.41) is 3.33. The van der Waals surface area contributed by atoms with E-state index in [1.165, 1.54) is 0 Å². The topological polar surface area (TPSA) is 47.3 Å². The fourth-order valence-electron chi connectivity index (χ4n) is 1.68. The first-order chi connectivity index (χ1) is 8.69. The van der Waals surface area contributed by atoms with Crippen LogP contribution in [0.4, 0.5) is 11.4 Å². The number of methoxy groups -OCH3 is 1. The molecule has 2 aromatic carbocycles. The Morgan fingerprint density at radius 1 is 1.22 bits per heavy atom. The van der Waals surface area contributed by atoms with Gasteiger partial charge in [-0.1, -0.05) is 34.1 Å². The Morgan fingerprint density at radius 2 is 2.00 bits per heavy atom. The first kappa shape index (κ1) is 12.8. The highest BCUT2D eigenvalue weighted by Gasteiger charge is 2.01. The summed E-state index contributed by atoms with van der Waals surface area (Å²) in [7, 11) is 1.65. The molecule has 0 saturated heterocycles. The molecule has 2 aromatic rings. The van der Waals surface area contributed by atoms with E-state index < -0.39 is 0 Å². The molecule has 0 amide bonds. The highest BCUT2D eigenvalue weighted by atomic mass is 79.9. The Morgan fingerprint density at radius 3 is 2.72 bits per heavy atom. The summed E-state index contributed by atoms with van der Waals surface area (Å²) in [5.41, 5.74) is 8.77. The predicted octanol–water partition coefficient (Wildman–Crippen LogP) is 3.65. The number of para-hydroxylation sites is 1. The molecule has 0 saturated carbocycles. The minimum absolute atomic E-state index is 0.687. The molecule has 3 N–H and O–H groups in total. The maximum atomic E-state index is 5.90. The van der Waals surface area contributed by atoms with Crippen molar-refractivity contribution in [1.82, 2.24) is 0 Å². The van der Waals surface area contributed by atoms with E-state index in [1.807, 2.05) is 42.5 Å². The Hall–Kier alpha value is -1.68. The largest absolute Gasteiger partial charge is 0.497 e. The normalized spacial score (nSPS) is 10.1. The van der Waals surface area contributed by atoms with E-state index in [0.717, 1.165) is 27.2 Å². The Bertz CT molecular complexity index is 543. The Kier molecular flexibility index (Phi) is 4.10. The zero-order valence-corrected chi connectivity index (χ0v) is 11.7. The average molecular weight is 307 g/mol. The van der Waals surface area contributed by atoms with Crippen molar-refractivity contribution in [2.45, 2.75) is 6.54 Å². The van der Waals surface area contributed by atoms with Gasteiger partial charge in [-0.25, -0.2) is 0 Å². The number of nitrogens with two attached hydrogens (primary N) is 1. The molecule has 0 aliphatic carbocycles. The molecule has 4 heteroatoms. The van der Waals surface area contributed by atoms with Gasteiger partial charge >= 0.3 is 0 Å². The third kappa shape index (κ3) is 3.17. The number of anilines is 2. The number of nitrogen functional groups attached to an aromatic ring is 1. The molecule has 0 heterocycles. The third-order valence-corrected chi connectivity index (χ3v) is 3.10. The smallest absolute Gasteiger partial charge is 0.122 e. The Labute approximate surface area is 115 Å². The monoisotopic (exact) mass is 306 g/mol. The molecule has 18 heavy (non-hydrogen) atoms. The summed E-state index contributed by atoms with van der Waals surface area (Å²) < 4.78 is 6.19. The summed E-state index contributed by atoms with van der Waals surface area (Å²) in [4.78, 5) is 0. The van der Waals surface area contributed by atoms with Gasteiger partial charge in [-0.05, 0) is 23.8 Å². The van der Waals surface area contributed by atoms with Crippen LogP contribution in [0.3, 0.4) is 0 Å². The van der Waals surface area contributed by atoms with Crippen molar-refractivity contribution in [1.29, 1.82) is 0 Å². The SMILES string of the molecule is COc1cc(Br)cc(NCc2ccccc2N)c1. The first-order valence-electron chi connectivity index (χ1n) is 5.61. The van der Waals surface area contributed by atoms with Gasteiger partial charge in [0.05, 0.1) is 7.11 Å². The fraction of sp³-hybridized carbons (Fsp3) is 0.143. The molecule has 0 unspecified atom stereocenters. The average Bonchev–Trinajstić information content (AvgIpc) is 2.37. The number of halogens is 1. The highest BCUT2D eigenvalue weighted by Crippen LogP contribution is 2.25. The predicted molar refractivity (Wildman–Crippen MR) is 78.9 cm³/mol. The van der Waals surface area contributed by atoms with Gasteiger partial charge in [0.1, 0.15) is 5.75 Å². The molecular weight excluding hydrogens is 292 g/mol. The van der Waals surface area contributed by atoms with Crippen LogP contribution < -0.4 is 15.8 Å². The third-order valence-electron chi connectivity index (χ3n) is 2.65.